The number of fused-ring (bicyclic) bond motifs is 2. The van der Waals surface area contributed by atoms with Gasteiger partial charge in [0.1, 0.15) is 11.3 Å². The zero-order valence-electron chi connectivity index (χ0n) is 15.6. The van der Waals surface area contributed by atoms with E-state index in [9.17, 15) is 9.59 Å². The largest absolute Gasteiger partial charge is 0.366 e. The lowest BCUT2D eigenvalue weighted by Gasteiger charge is -2.30. The SMILES string of the molecule is NC(=O)C#CC1=CNC(=O)C23c4cc(Br)ccc4C(NC4CCCNC4)=NC2C13. The minimum absolute atomic E-state index is 0.0846. The molecule has 2 amide bonds. The molecule has 1 aromatic carbocycles. The van der Waals surface area contributed by atoms with Crippen molar-refractivity contribution in [2.75, 3.05) is 13.1 Å². The first-order chi connectivity index (χ1) is 14.0. The molecule has 148 valence electrons. The van der Waals surface area contributed by atoms with Gasteiger partial charge in [-0.3, -0.25) is 14.6 Å². The lowest BCUT2D eigenvalue weighted by molar-refractivity contribution is -0.123. The van der Waals surface area contributed by atoms with Crippen LogP contribution in [0.3, 0.4) is 0 Å². The molecule has 1 saturated heterocycles. The van der Waals surface area contributed by atoms with Gasteiger partial charge in [0, 0.05) is 40.3 Å². The molecule has 3 aliphatic heterocycles. The molecule has 1 aliphatic carbocycles. The molecule has 4 aliphatic rings. The molecule has 8 heteroatoms. The van der Waals surface area contributed by atoms with Gasteiger partial charge in [0.25, 0.3) is 5.91 Å². The number of carbonyl (C=O) groups is 2. The number of benzene rings is 1. The van der Waals surface area contributed by atoms with Gasteiger partial charge in [0.2, 0.25) is 5.91 Å². The van der Waals surface area contributed by atoms with Gasteiger partial charge in [-0.15, -0.1) is 0 Å². The number of hydrogen-bond acceptors (Lipinski definition) is 5. The summed E-state index contributed by atoms with van der Waals surface area (Å²) < 4.78 is 0.905. The molecular weight excluding hydrogens is 434 g/mol. The van der Waals surface area contributed by atoms with E-state index in [1.165, 1.54) is 0 Å². The second-order valence-electron chi connectivity index (χ2n) is 7.83. The molecule has 0 radical (unpaired) electrons. The maximum atomic E-state index is 13.0. The number of aliphatic imine (C=N–C) groups is 1. The van der Waals surface area contributed by atoms with Gasteiger partial charge in [-0.1, -0.05) is 21.9 Å². The average molecular weight is 454 g/mol. The summed E-state index contributed by atoms with van der Waals surface area (Å²) >= 11 is 3.55. The van der Waals surface area contributed by atoms with E-state index in [1.807, 2.05) is 18.2 Å². The van der Waals surface area contributed by atoms with Crippen LogP contribution >= 0.6 is 15.9 Å². The zero-order chi connectivity index (χ0) is 20.2. The van der Waals surface area contributed by atoms with Gasteiger partial charge >= 0.3 is 0 Å². The van der Waals surface area contributed by atoms with E-state index in [0.717, 1.165) is 47.4 Å². The fourth-order valence-electron chi connectivity index (χ4n) is 4.84. The van der Waals surface area contributed by atoms with Crippen molar-refractivity contribution in [2.45, 2.75) is 30.3 Å². The van der Waals surface area contributed by atoms with Crippen molar-refractivity contribution in [3.63, 3.8) is 0 Å². The van der Waals surface area contributed by atoms with E-state index in [2.05, 4.69) is 43.7 Å². The minimum Gasteiger partial charge on any atom is -0.366 e. The molecule has 0 bridgehead atoms. The van der Waals surface area contributed by atoms with E-state index in [4.69, 9.17) is 10.7 Å². The average Bonchev–Trinajstić information content (AvgIpc) is 3.39. The highest BCUT2D eigenvalue weighted by Gasteiger charge is 2.75. The van der Waals surface area contributed by atoms with Crippen molar-refractivity contribution in [2.24, 2.45) is 16.6 Å². The van der Waals surface area contributed by atoms with Gasteiger partial charge in [-0.25, -0.2) is 0 Å². The van der Waals surface area contributed by atoms with Crippen LogP contribution in [0.1, 0.15) is 24.0 Å². The van der Waals surface area contributed by atoms with Crippen LogP contribution in [-0.4, -0.2) is 42.8 Å². The Morgan fingerprint density at radius 3 is 3.03 bits per heavy atom. The number of piperidine rings is 1. The third-order valence-electron chi connectivity index (χ3n) is 6.15. The van der Waals surface area contributed by atoms with Gasteiger partial charge < -0.3 is 21.7 Å². The van der Waals surface area contributed by atoms with Crippen molar-refractivity contribution in [1.29, 1.82) is 0 Å². The molecule has 4 unspecified atom stereocenters. The third kappa shape index (κ3) is 2.80. The van der Waals surface area contributed by atoms with Crippen LogP contribution in [0.2, 0.25) is 0 Å². The molecule has 1 saturated carbocycles. The van der Waals surface area contributed by atoms with Gasteiger partial charge in [-0.05, 0) is 49.1 Å². The van der Waals surface area contributed by atoms with Crippen LogP contribution in [0, 0.1) is 17.8 Å². The van der Waals surface area contributed by atoms with Crippen molar-refractivity contribution < 1.29 is 9.59 Å². The molecule has 5 rings (SSSR count). The topological polar surface area (TPSA) is 109 Å². The predicted molar refractivity (Wildman–Crippen MR) is 112 cm³/mol. The summed E-state index contributed by atoms with van der Waals surface area (Å²) in [4.78, 5) is 29.1. The Hall–Kier alpha value is -2.63. The second-order valence-corrected chi connectivity index (χ2v) is 8.75. The van der Waals surface area contributed by atoms with Crippen molar-refractivity contribution in [1.82, 2.24) is 16.0 Å². The first-order valence-corrected chi connectivity index (χ1v) is 10.5. The van der Waals surface area contributed by atoms with Crippen molar-refractivity contribution >= 4 is 33.6 Å². The molecular formula is C21H20BrN5O2. The molecule has 1 spiro atoms. The van der Waals surface area contributed by atoms with E-state index < -0.39 is 11.3 Å². The number of hydrogen-bond donors (Lipinski definition) is 4. The van der Waals surface area contributed by atoms with Crippen molar-refractivity contribution in [3.8, 4) is 11.8 Å². The Morgan fingerprint density at radius 1 is 1.41 bits per heavy atom. The van der Waals surface area contributed by atoms with Crippen LogP contribution in [-0.2, 0) is 15.0 Å². The normalized spacial score (nSPS) is 31.5. The van der Waals surface area contributed by atoms with Gasteiger partial charge in [-0.2, -0.15) is 0 Å². The fraction of sp³-hybridized carbons (Fsp3) is 0.381. The highest BCUT2D eigenvalue weighted by molar-refractivity contribution is 9.10. The summed E-state index contributed by atoms with van der Waals surface area (Å²) in [5.41, 5.74) is 6.96. The Bertz CT molecular complexity index is 1050. The number of nitrogens with zero attached hydrogens (tertiary/aromatic N) is 1. The molecule has 4 atom stereocenters. The van der Waals surface area contributed by atoms with Crippen LogP contribution in [0.4, 0.5) is 0 Å². The van der Waals surface area contributed by atoms with E-state index >= 15 is 0 Å². The maximum Gasteiger partial charge on any atom is 0.293 e. The summed E-state index contributed by atoms with van der Waals surface area (Å²) in [5, 5.41) is 9.82. The molecule has 2 fully saturated rings. The van der Waals surface area contributed by atoms with E-state index in [1.54, 1.807) is 6.20 Å². The molecule has 29 heavy (non-hydrogen) atoms. The number of amides is 2. The summed E-state index contributed by atoms with van der Waals surface area (Å²) in [7, 11) is 0. The lowest BCUT2D eigenvalue weighted by atomic mass is 9.83. The summed E-state index contributed by atoms with van der Waals surface area (Å²) in [5.74, 6) is 5.08. The highest BCUT2D eigenvalue weighted by Crippen LogP contribution is 2.63. The molecule has 5 N–H and O–H groups in total. The molecule has 0 aromatic heterocycles. The third-order valence-corrected chi connectivity index (χ3v) is 6.64. The van der Waals surface area contributed by atoms with Crippen LogP contribution in [0.25, 0.3) is 0 Å². The maximum absolute atomic E-state index is 13.0. The lowest BCUT2D eigenvalue weighted by Crippen LogP contribution is -2.48. The molecule has 1 aromatic rings. The quantitative estimate of drug-likeness (QED) is 0.458. The number of primary amides is 1. The Kier molecular flexibility index (Phi) is 4.26. The predicted octanol–water partition coefficient (Wildman–Crippen LogP) is 0.290. The number of rotatable bonds is 1. The van der Waals surface area contributed by atoms with Crippen molar-refractivity contribution in [3.05, 3.63) is 45.6 Å². The highest BCUT2D eigenvalue weighted by atomic mass is 79.9. The Morgan fingerprint density at radius 2 is 2.28 bits per heavy atom. The molecule has 3 heterocycles. The standard InChI is InChI=1S/C21H20BrN5O2/c22-12-4-5-14-15(8-12)21-17(11(3-6-16(23)28)9-25-20(21)29)18(21)27-19(14)26-13-2-1-7-24-10-13/h4-5,8-9,13,17-18,24H,1-2,7,10H2,(H2,23,28)(H,25,29)(H,26,27). The minimum atomic E-state index is -0.786. The summed E-state index contributed by atoms with van der Waals surface area (Å²) in [6.45, 7) is 1.93. The number of amidine groups is 1. The first kappa shape index (κ1) is 18.4. The number of carbonyl (C=O) groups excluding carboxylic acids is 2. The van der Waals surface area contributed by atoms with Crippen LogP contribution in [0.5, 0.6) is 0 Å². The fourth-order valence-corrected chi connectivity index (χ4v) is 5.20. The number of nitrogens with one attached hydrogen (secondary N) is 3. The summed E-state index contributed by atoms with van der Waals surface area (Å²) in [6, 6.07) is 6.02. The second kappa shape index (κ2) is 6.71. The Labute approximate surface area is 176 Å². The number of halogens is 1. The zero-order valence-corrected chi connectivity index (χ0v) is 17.2. The van der Waals surface area contributed by atoms with Gasteiger partial charge in [0.15, 0.2) is 0 Å². The van der Waals surface area contributed by atoms with Gasteiger partial charge in [0.05, 0.1) is 6.04 Å². The number of nitrogens with two attached hydrogens (primary N) is 1. The van der Waals surface area contributed by atoms with Crippen LogP contribution < -0.4 is 21.7 Å². The smallest absolute Gasteiger partial charge is 0.293 e. The van der Waals surface area contributed by atoms with Crippen LogP contribution in [0.15, 0.2) is 39.4 Å². The summed E-state index contributed by atoms with van der Waals surface area (Å²) in [6.07, 6.45) is 3.77. The Balaban J connectivity index is 1.58. The molecule has 7 nitrogen and oxygen atoms in total. The van der Waals surface area contributed by atoms with E-state index in [-0.39, 0.29) is 17.9 Å². The van der Waals surface area contributed by atoms with E-state index in [0.29, 0.717) is 11.6 Å². The first-order valence-electron chi connectivity index (χ1n) is 9.69. The monoisotopic (exact) mass is 453 g/mol.